The fourth-order valence-corrected chi connectivity index (χ4v) is 1.26. The van der Waals surface area contributed by atoms with Crippen LogP contribution in [-0.2, 0) is 4.74 Å². The van der Waals surface area contributed by atoms with Crippen molar-refractivity contribution in [2.24, 2.45) is 0 Å². The third-order valence-corrected chi connectivity index (χ3v) is 2.07. The van der Waals surface area contributed by atoms with Crippen LogP contribution in [0.4, 0.5) is 0 Å². The van der Waals surface area contributed by atoms with Gasteiger partial charge in [0.05, 0.1) is 6.54 Å². The second-order valence-corrected chi connectivity index (χ2v) is 3.40. The van der Waals surface area contributed by atoms with Crippen LogP contribution in [0, 0.1) is 11.8 Å². The molecule has 0 aromatic heterocycles. The first-order valence-corrected chi connectivity index (χ1v) is 5.76. The maximum atomic E-state index is 5.23. The molecule has 0 aliphatic rings. The molecule has 1 rings (SSSR count). The molecule has 16 heavy (non-hydrogen) atoms. The summed E-state index contributed by atoms with van der Waals surface area (Å²) >= 11 is 0. The molecule has 0 spiro atoms. The maximum absolute atomic E-state index is 5.23. The molecule has 0 unspecified atom stereocenters. The van der Waals surface area contributed by atoms with Crippen LogP contribution in [-0.4, -0.2) is 26.3 Å². The van der Waals surface area contributed by atoms with E-state index in [0.29, 0.717) is 0 Å². The van der Waals surface area contributed by atoms with E-state index in [1.54, 1.807) is 0 Å². The zero-order valence-corrected chi connectivity index (χ0v) is 9.83. The van der Waals surface area contributed by atoms with Crippen LogP contribution in [0.5, 0.6) is 0 Å². The summed E-state index contributed by atoms with van der Waals surface area (Å²) in [7, 11) is 0. The van der Waals surface area contributed by atoms with Gasteiger partial charge in [0.25, 0.3) is 0 Å². The highest BCUT2D eigenvalue weighted by atomic mass is 16.5. The molecule has 0 heterocycles. The van der Waals surface area contributed by atoms with Crippen LogP contribution in [0.3, 0.4) is 0 Å². The van der Waals surface area contributed by atoms with Crippen LogP contribution in [0.2, 0.25) is 0 Å². The number of hydrogen-bond acceptors (Lipinski definition) is 2. The zero-order chi connectivity index (χ0) is 11.5. The largest absolute Gasteiger partial charge is 0.382 e. The molecule has 2 nitrogen and oxygen atoms in total. The summed E-state index contributed by atoms with van der Waals surface area (Å²) in [6.45, 7) is 5.34. The third kappa shape index (κ3) is 6.23. The Balaban J connectivity index is 2.05. The molecular formula is C14H19NO. The van der Waals surface area contributed by atoms with Crippen molar-refractivity contribution in [2.45, 2.75) is 13.3 Å². The van der Waals surface area contributed by atoms with Gasteiger partial charge in [0.1, 0.15) is 0 Å². The lowest BCUT2D eigenvalue weighted by Gasteiger charge is -2.00. The van der Waals surface area contributed by atoms with Crippen molar-refractivity contribution < 1.29 is 4.74 Å². The van der Waals surface area contributed by atoms with E-state index < -0.39 is 0 Å². The SMILES string of the molecule is CCOCCCNCC#Cc1ccccc1. The first-order valence-electron chi connectivity index (χ1n) is 5.76. The Morgan fingerprint density at radius 1 is 1.25 bits per heavy atom. The monoisotopic (exact) mass is 217 g/mol. The molecule has 0 radical (unpaired) electrons. The predicted octanol–water partition coefficient (Wildman–Crippen LogP) is 2.05. The summed E-state index contributed by atoms with van der Waals surface area (Å²) in [6.07, 6.45) is 1.04. The molecular weight excluding hydrogens is 198 g/mol. The van der Waals surface area contributed by atoms with Gasteiger partial charge in [0.2, 0.25) is 0 Å². The van der Waals surface area contributed by atoms with Crippen molar-refractivity contribution in [2.75, 3.05) is 26.3 Å². The minimum Gasteiger partial charge on any atom is -0.382 e. The van der Waals surface area contributed by atoms with Crippen molar-refractivity contribution in [1.29, 1.82) is 0 Å². The highest BCUT2D eigenvalue weighted by Crippen LogP contribution is 1.94. The van der Waals surface area contributed by atoms with Gasteiger partial charge < -0.3 is 10.1 Å². The Morgan fingerprint density at radius 3 is 2.81 bits per heavy atom. The summed E-state index contributed by atoms with van der Waals surface area (Å²) in [6, 6.07) is 10.0. The summed E-state index contributed by atoms with van der Waals surface area (Å²) in [5.41, 5.74) is 1.07. The van der Waals surface area contributed by atoms with Gasteiger partial charge in [-0.2, -0.15) is 0 Å². The van der Waals surface area contributed by atoms with Crippen molar-refractivity contribution in [3.63, 3.8) is 0 Å². The second kappa shape index (κ2) is 8.96. The molecule has 1 N–H and O–H groups in total. The van der Waals surface area contributed by atoms with E-state index in [9.17, 15) is 0 Å². The lowest BCUT2D eigenvalue weighted by Crippen LogP contribution is -2.16. The lowest BCUT2D eigenvalue weighted by atomic mass is 10.2. The summed E-state index contributed by atoms with van der Waals surface area (Å²) in [5.74, 6) is 6.19. The highest BCUT2D eigenvalue weighted by molar-refractivity contribution is 5.33. The van der Waals surface area contributed by atoms with E-state index in [0.717, 1.165) is 38.3 Å². The van der Waals surface area contributed by atoms with E-state index in [1.807, 2.05) is 37.3 Å². The molecule has 0 fully saturated rings. The average Bonchev–Trinajstić information content (AvgIpc) is 2.34. The van der Waals surface area contributed by atoms with Gasteiger partial charge in [-0.05, 0) is 32.0 Å². The van der Waals surface area contributed by atoms with Crippen LogP contribution in [0.15, 0.2) is 30.3 Å². The Morgan fingerprint density at radius 2 is 2.06 bits per heavy atom. The second-order valence-electron chi connectivity index (χ2n) is 3.40. The summed E-state index contributed by atoms with van der Waals surface area (Å²) in [4.78, 5) is 0. The number of rotatable bonds is 6. The van der Waals surface area contributed by atoms with Crippen molar-refractivity contribution in [1.82, 2.24) is 5.32 Å². The van der Waals surface area contributed by atoms with Gasteiger partial charge in [-0.15, -0.1) is 0 Å². The Bertz CT molecular complexity index is 324. The molecule has 0 aliphatic heterocycles. The first kappa shape index (κ1) is 12.8. The van der Waals surface area contributed by atoms with E-state index in [2.05, 4.69) is 17.2 Å². The molecule has 1 aromatic carbocycles. The van der Waals surface area contributed by atoms with Crippen LogP contribution in [0.25, 0.3) is 0 Å². The van der Waals surface area contributed by atoms with Crippen LogP contribution in [0.1, 0.15) is 18.9 Å². The maximum Gasteiger partial charge on any atom is 0.0580 e. The number of benzene rings is 1. The van der Waals surface area contributed by atoms with Crippen molar-refractivity contribution in [3.05, 3.63) is 35.9 Å². The minimum atomic E-state index is 0.737. The summed E-state index contributed by atoms with van der Waals surface area (Å²) < 4.78 is 5.23. The molecule has 0 saturated heterocycles. The van der Waals surface area contributed by atoms with Gasteiger partial charge in [-0.25, -0.2) is 0 Å². The number of hydrogen-bond donors (Lipinski definition) is 1. The standard InChI is InChI=1S/C14H19NO/c1-2-16-13-7-12-15-11-6-10-14-8-4-3-5-9-14/h3-5,8-9,15H,2,7,11-13H2,1H3. The van der Waals surface area contributed by atoms with E-state index >= 15 is 0 Å². The Labute approximate surface area is 98.0 Å². The first-order chi connectivity index (χ1) is 7.93. The van der Waals surface area contributed by atoms with Crippen LogP contribution < -0.4 is 5.32 Å². The van der Waals surface area contributed by atoms with E-state index in [1.165, 1.54) is 0 Å². The molecule has 2 heteroatoms. The lowest BCUT2D eigenvalue weighted by molar-refractivity contribution is 0.145. The quantitative estimate of drug-likeness (QED) is 0.581. The topological polar surface area (TPSA) is 21.3 Å². The highest BCUT2D eigenvalue weighted by Gasteiger charge is 1.86. The van der Waals surface area contributed by atoms with Crippen LogP contribution >= 0.6 is 0 Å². The molecule has 0 saturated carbocycles. The van der Waals surface area contributed by atoms with E-state index in [4.69, 9.17) is 4.74 Å². The summed E-state index contributed by atoms with van der Waals surface area (Å²) in [5, 5.41) is 3.26. The average molecular weight is 217 g/mol. The minimum absolute atomic E-state index is 0.737. The molecule has 0 aliphatic carbocycles. The van der Waals surface area contributed by atoms with Gasteiger partial charge in [-0.3, -0.25) is 0 Å². The smallest absolute Gasteiger partial charge is 0.0580 e. The molecule has 1 aromatic rings. The fourth-order valence-electron chi connectivity index (χ4n) is 1.26. The Kier molecular flexibility index (Phi) is 7.15. The van der Waals surface area contributed by atoms with Gasteiger partial charge in [0, 0.05) is 18.8 Å². The third-order valence-electron chi connectivity index (χ3n) is 2.07. The normalized spacial score (nSPS) is 9.56. The zero-order valence-electron chi connectivity index (χ0n) is 9.83. The Hall–Kier alpha value is -1.30. The van der Waals surface area contributed by atoms with Crippen molar-refractivity contribution in [3.8, 4) is 11.8 Å². The molecule has 0 atom stereocenters. The number of nitrogens with one attached hydrogen (secondary N) is 1. The van der Waals surface area contributed by atoms with Crippen molar-refractivity contribution >= 4 is 0 Å². The van der Waals surface area contributed by atoms with Gasteiger partial charge in [-0.1, -0.05) is 30.0 Å². The molecule has 86 valence electrons. The molecule has 0 bridgehead atoms. The van der Waals surface area contributed by atoms with Gasteiger partial charge >= 0.3 is 0 Å². The predicted molar refractivity (Wildman–Crippen MR) is 67.3 cm³/mol. The van der Waals surface area contributed by atoms with E-state index in [-0.39, 0.29) is 0 Å². The molecule has 0 amide bonds. The number of ether oxygens (including phenoxy) is 1. The van der Waals surface area contributed by atoms with Gasteiger partial charge in [0.15, 0.2) is 0 Å². The fraction of sp³-hybridized carbons (Fsp3) is 0.429.